The molecule has 0 bridgehead atoms. The van der Waals surface area contributed by atoms with Crippen molar-refractivity contribution in [3.05, 3.63) is 41.6 Å². The molecule has 8 heteroatoms. The van der Waals surface area contributed by atoms with Crippen LogP contribution in [0.4, 0.5) is 10.2 Å². The lowest BCUT2D eigenvalue weighted by molar-refractivity contribution is -0.135. The first-order valence-corrected chi connectivity index (χ1v) is 13.1. The van der Waals surface area contributed by atoms with Crippen LogP contribution in [0.5, 0.6) is 0 Å². The van der Waals surface area contributed by atoms with Gasteiger partial charge in [-0.2, -0.15) is 5.10 Å². The van der Waals surface area contributed by atoms with Gasteiger partial charge in [0.15, 0.2) is 5.65 Å². The van der Waals surface area contributed by atoms with E-state index in [1.807, 2.05) is 6.92 Å². The van der Waals surface area contributed by atoms with E-state index in [9.17, 15) is 9.18 Å². The van der Waals surface area contributed by atoms with Crippen molar-refractivity contribution in [2.24, 2.45) is 5.92 Å². The van der Waals surface area contributed by atoms with Gasteiger partial charge in [-0.25, -0.2) is 19.0 Å². The van der Waals surface area contributed by atoms with Gasteiger partial charge in [-0.15, -0.1) is 0 Å². The zero-order chi connectivity index (χ0) is 24.4. The predicted molar refractivity (Wildman–Crippen MR) is 135 cm³/mol. The van der Waals surface area contributed by atoms with Gasteiger partial charge in [0.05, 0.1) is 16.8 Å². The highest BCUT2D eigenvalue weighted by molar-refractivity contribution is 5.91. The SMILES string of the molecule is CCCCc1nc(N2CCCN(C(=O)C3CCCC3)CC2)c2c(C)nn(-c3ccc(F)cc3)c2n1. The number of anilines is 1. The molecule has 1 saturated carbocycles. The monoisotopic (exact) mass is 478 g/mol. The molecule has 35 heavy (non-hydrogen) atoms. The number of unbranched alkanes of at least 4 members (excludes halogenated alkanes) is 1. The Bertz CT molecular complexity index is 1180. The second-order valence-corrected chi connectivity index (χ2v) is 9.89. The van der Waals surface area contributed by atoms with Crippen LogP contribution in [0.2, 0.25) is 0 Å². The minimum Gasteiger partial charge on any atom is -0.354 e. The summed E-state index contributed by atoms with van der Waals surface area (Å²) >= 11 is 0. The third-order valence-corrected chi connectivity index (χ3v) is 7.37. The Balaban J connectivity index is 1.49. The van der Waals surface area contributed by atoms with Gasteiger partial charge < -0.3 is 9.80 Å². The average molecular weight is 479 g/mol. The van der Waals surface area contributed by atoms with Crippen LogP contribution < -0.4 is 4.90 Å². The first kappa shape index (κ1) is 23.7. The Hall–Kier alpha value is -3.03. The largest absolute Gasteiger partial charge is 0.354 e. The number of carbonyl (C=O) groups is 1. The number of aromatic nitrogens is 4. The standard InChI is InChI=1S/C27H35FN6O/c1-3-4-10-23-29-25(32-15-7-16-33(18-17-32)27(35)20-8-5-6-9-20)24-19(2)31-34(26(24)30-23)22-13-11-21(28)12-14-22/h11-14,20H,3-10,15-18H2,1-2H3. The summed E-state index contributed by atoms with van der Waals surface area (Å²) in [7, 11) is 0. The molecule has 1 aliphatic heterocycles. The van der Waals surface area contributed by atoms with E-state index in [0.29, 0.717) is 5.91 Å². The molecular weight excluding hydrogens is 443 g/mol. The number of benzene rings is 1. The fourth-order valence-corrected chi connectivity index (χ4v) is 5.42. The summed E-state index contributed by atoms with van der Waals surface area (Å²) in [5.41, 5.74) is 2.39. The zero-order valence-electron chi connectivity index (χ0n) is 20.8. The Morgan fingerprint density at radius 2 is 1.80 bits per heavy atom. The molecule has 3 aromatic rings. The highest BCUT2D eigenvalue weighted by Crippen LogP contribution is 2.31. The summed E-state index contributed by atoms with van der Waals surface area (Å²) in [5.74, 6) is 1.98. The van der Waals surface area contributed by atoms with E-state index in [4.69, 9.17) is 15.1 Å². The molecule has 7 nitrogen and oxygen atoms in total. The number of rotatable bonds is 6. The van der Waals surface area contributed by atoms with E-state index in [0.717, 1.165) is 98.8 Å². The maximum Gasteiger partial charge on any atom is 0.225 e. The Kier molecular flexibility index (Phi) is 6.97. The van der Waals surface area contributed by atoms with Crippen LogP contribution in [0.15, 0.2) is 24.3 Å². The molecule has 186 valence electrons. The number of aryl methyl sites for hydroxylation is 2. The minimum atomic E-state index is -0.276. The molecule has 0 spiro atoms. The summed E-state index contributed by atoms with van der Waals surface area (Å²) in [6, 6.07) is 6.35. The lowest BCUT2D eigenvalue weighted by atomic mass is 10.1. The van der Waals surface area contributed by atoms with Crippen LogP contribution in [0.3, 0.4) is 0 Å². The number of halogens is 1. The summed E-state index contributed by atoms with van der Waals surface area (Å²) in [5, 5.41) is 5.72. The average Bonchev–Trinajstić information content (AvgIpc) is 3.44. The molecule has 1 saturated heterocycles. The molecule has 2 fully saturated rings. The minimum absolute atomic E-state index is 0.212. The van der Waals surface area contributed by atoms with E-state index in [1.165, 1.54) is 25.0 Å². The van der Waals surface area contributed by atoms with Gasteiger partial charge in [0.25, 0.3) is 0 Å². The Morgan fingerprint density at radius 3 is 2.54 bits per heavy atom. The van der Waals surface area contributed by atoms with Gasteiger partial charge in [0.1, 0.15) is 17.5 Å². The number of fused-ring (bicyclic) bond motifs is 1. The maximum absolute atomic E-state index is 13.6. The summed E-state index contributed by atoms with van der Waals surface area (Å²) in [6.07, 6.45) is 8.21. The molecule has 5 rings (SSSR count). The smallest absolute Gasteiger partial charge is 0.225 e. The molecule has 0 atom stereocenters. The highest BCUT2D eigenvalue weighted by atomic mass is 19.1. The third kappa shape index (κ3) is 4.88. The molecule has 3 heterocycles. The van der Waals surface area contributed by atoms with Crippen LogP contribution in [0.25, 0.3) is 16.7 Å². The lowest BCUT2D eigenvalue weighted by Crippen LogP contribution is -2.38. The Morgan fingerprint density at radius 1 is 1.03 bits per heavy atom. The van der Waals surface area contributed by atoms with Gasteiger partial charge in [-0.05, 0) is 56.9 Å². The molecule has 0 N–H and O–H groups in total. The van der Waals surface area contributed by atoms with Crippen LogP contribution in [-0.2, 0) is 11.2 Å². The van der Waals surface area contributed by atoms with Crippen LogP contribution in [-0.4, -0.2) is 56.7 Å². The van der Waals surface area contributed by atoms with Crippen molar-refractivity contribution < 1.29 is 9.18 Å². The predicted octanol–water partition coefficient (Wildman–Crippen LogP) is 4.83. The number of amides is 1. The van der Waals surface area contributed by atoms with Gasteiger partial charge in [0.2, 0.25) is 5.91 Å². The van der Waals surface area contributed by atoms with Crippen molar-refractivity contribution in [3.63, 3.8) is 0 Å². The van der Waals surface area contributed by atoms with Gasteiger partial charge in [0, 0.05) is 38.5 Å². The van der Waals surface area contributed by atoms with E-state index in [1.54, 1.807) is 16.8 Å². The molecule has 2 aromatic heterocycles. The summed E-state index contributed by atoms with van der Waals surface area (Å²) in [4.78, 5) is 27.4. The van der Waals surface area contributed by atoms with Crippen molar-refractivity contribution >= 4 is 22.8 Å². The second-order valence-electron chi connectivity index (χ2n) is 9.89. The summed E-state index contributed by atoms with van der Waals surface area (Å²) < 4.78 is 15.4. The lowest BCUT2D eigenvalue weighted by Gasteiger charge is -2.25. The van der Waals surface area contributed by atoms with Crippen LogP contribution in [0.1, 0.15) is 63.4 Å². The molecule has 0 radical (unpaired) electrons. The first-order valence-electron chi connectivity index (χ1n) is 13.1. The van der Waals surface area contributed by atoms with Gasteiger partial charge in [-0.1, -0.05) is 26.2 Å². The second kappa shape index (κ2) is 10.3. The Labute approximate surface area is 206 Å². The van der Waals surface area contributed by atoms with Crippen molar-refractivity contribution in [2.45, 2.75) is 65.2 Å². The fourth-order valence-electron chi connectivity index (χ4n) is 5.42. The summed E-state index contributed by atoms with van der Waals surface area (Å²) in [6.45, 7) is 7.26. The molecular formula is C27H35FN6O. The van der Waals surface area contributed by atoms with Crippen LogP contribution >= 0.6 is 0 Å². The third-order valence-electron chi connectivity index (χ3n) is 7.37. The first-order chi connectivity index (χ1) is 17.0. The van der Waals surface area contributed by atoms with E-state index < -0.39 is 0 Å². The maximum atomic E-state index is 13.6. The van der Waals surface area contributed by atoms with Crippen molar-refractivity contribution in [1.82, 2.24) is 24.6 Å². The fraction of sp³-hybridized carbons (Fsp3) is 0.556. The van der Waals surface area contributed by atoms with E-state index in [2.05, 4.69) is 16.7 Å². The molecule has 1 aromatic carbocycles. The number of hydrogen-bond acceptors (Lipinski definition) is 5. The van der Waals surface area contributed by atoms with Crippen molar-refractivity contribution in [1.29, 1.82) is 0 Å². The van der Waals surface area contributed by atoms with E-state index in [-0.39, 0.29) is 11.7 Å². The normalized spacial score (nSPS) is 17.3. The number of carbonyl (C=O) groups excluding carboxylic acids is 1. The topological polar surface area (TPSA) is 67.2 Å². The van der Waals surface area contributed by atoms with Crippen molar-refractivity contribution in [3.8, 4) is 5.69 Å². The molecule has 1 amide bonds. The van der Waals surface area contributed by atoms with Gasteiger partial charge in [-0.3, -0.25) is 4.79 Å². The van der Waals surface area contributed by atoms with Gasteiger partial charge >= 0.3 is 0 Å². The molecule has 2 aliphatic rings. The zero-order valence-corrected chi connectivity index (χ0v) is 20.8. The quantitative estimate of drug-likeness (QED) is 0.507. The van der Waals surface area contributed by atoms with E-state index >= 15 is 0 Å². The van der Waals surface area contributed by atoms with Crippen LogP contribution in [0, 0.1) is 18.7 Å². The number of hydrogen-bond donors (Lipinski definition) is 0. The molecule has 1 aliphatic carbocycles. The highest BCUT2D eigenvalue weighted by Gasteiger charge is 2.29. The number of nitrogens with zero attached hydrogens (tertiary/aromatic N) is 6. The molecule has 0 unspecified atom stereocenters. The van der Waals surface area contributed by atoms with Crippen molar-refractivity contribution in [2.75, 3.05) is 31.1 Å².